The van der Waals surface area contributed by atoms with Gasteiger partial charge in [0.05, 0.1) is 12.1 Å². The van der Waals surface area contributed by atoms with Crippen molar-refractivity contribution in [2.75, 3.05) is 11.7 Å². The summed E-state index contributed by atoms with van der Waals surface area (Å²) < 4.78 is 10.8. The van der Waals surface area contributed by atoms with Crippen molar-refractivity contribution in [1.82, 2.24) is 4.90 Å². The van der Waals surface area contributed by atoms with E-state index in [4.69, 9.17) is 9.47 Å². The van der Waals surface area contributed by atoms with E-state index in [0.29, 0.717) is 22.7 Å². The molecule has 0 spiro atoms. The number of rotatable bonds is 5. The van der Waals surface area contributed by atoms with Gasteiger partial charge in [0, 0.05) is 12.1 Å². The first-order valence-electron chi connectivity index (χ1n) is 10.7. The van der Waals surface area contributed by atoms with Crippen LogP contribution in [0.5, 0.6) is 11.5 Å². The Balaban J connectivity index is 1.49. The van der Waals surface area contributed by atoms with Crippen LogP contribution in [-0.4, -0.2) is 35.5 Å². The quantitative estimate of drug-likeness (QED) is 0.563. The van der Waals surface area contributed by atoms with Gasteiger partial charge in [0.15, 0.2) is 11.5 Å². The van der Waals surface area contributed by atoms with E-state index >= 15 is 0 Å². The molecule has 2 aliphatic rings. The van der Waals surface area contributed by atoms with Gasteiger partial charge in [-0.3, -0.25) is 14.4 Å². The number of para-hydroxylation sites is 1. The molecule has 7 nitrogen and oxygen atoms in total. The molecule has 1 fully saturated rings. The molecule has 0 bridgehead atoms. The van der Waals surface area contributed by atoms with Crippen molar-refractivity contribution >= 4 is 23.4 Å². The number of ether oxygens (including phenoxy) is 2. The Hall–Kier alpha value is -4.13. The molecule has 5 rings (SSSR count). The van der Waals surface area contributed by atoms with Crippen LogP contribution < -0.4 is 14.4 Å². The minimum atomic E-state index is -0.906. The Kier molecular flexibility index (Phi) is 5.30. The minimum Gasteiger partial charge on any atom is -0.454 e. The van der Waals surface area contributed by atoms with Crippen LogP contribution in [0.25, 0.3) is 0 Å². The lowest BCUT2D eigenvalue weighted by atomic mass is 10.1. The molecule has 0 radical (unpaired) electrons. The summed E-state index contributed by atoms with van der Waals surface area (Å²) in [7, 11) is 0. The van der Waals surface area contributed by atoms with E-state index in [1.807, 2.05) is 31.2 Å². The minimum absolute atomic E-state index is 0.0735. The van der Waals surface area contributed by atoms with Crippen LogP contribution >= 0.6 is 0 Å². The number of carbonyl (C=O) groups is 3. The first-order valence-corrected chi connectivity index (χ1v) is 10.7. The summed E-state index contributed by atoms with van der Waals surface area (Å²) in [4.78, 5) is 42.4. The summed E-state index contributed by atoms with van der Waals surface area (Å²) in [5.74, 6) is 0.178. The van der Waals surface area contributed by atoms with E-state index in [-0.39, 0.29) is 31.6 Å². The number of hydrogen-bond acceptors (Lipinski definition) is 5. The lowest BCUT2D eigenvalue weighted by Gasteiger charge is -2.28. The summed E-state index contributed by atoms with van der Waals surface area (Å²) in [6.07, 6.45) is -0.0735. The van der Waals surface area contributed by atoms with Crippen LogP contribution in [-0.2, 0) is 16.1 Å². The highest BCUT2D eigenvalue weighted by atomic mass is 16.7. The van der Waals surface area contributed by atoms with Crippen LogP contribution in [0.3, 0.4) is 0 Å². The van der Waals surface area contributed by atoms with Crippen LogP contribution in [0, 0.1) is 6.92 Å². The zero-order chi connectivity index (χ0) is 22.9. The van der Waals surface area contributed by atoms with Gasteiger partial charge in [-0.15, -0.1) is 0 Å². The van der Waals surface area contributed by atoms with Crippen molar-refractivity contribution in [1.29, 1.82) is 0 Å². The zero-order valence-corrected chi connectivity index (χ0v) is 18.1. The van der Waals surface area contributed by atoms with E-state index in [2.05, 4.69) is 0 Å². The van der Waals surface area contributed by atoms with Gasteiger partial charge in [0.2, 0.25) is 12.7 Å². The smallest absolute Gasteiger partial charge is 0.257 e. The Morgan fingerprint density at radius 3 is 2.45 bits per heavy atom. The van der Waals surface area contributed by atoms with E-state index in [1.165, 1.54) is 9.80 Å². The number of imide groups is 1. The maximum atomic E-state index is 13.6. The number of fused-ring (bicyclic) bond motifs is 1. The first kappa shape index (κ1) is 20.8. The van der Waals surface area contributed by atoms with Crippen molar-refractivity contribution in [2.24, 2.45) is 0 Å². The number of nitrogens with zero attached hydrogens (tertiary/aromatic N) is 2. The molecular formula is C26H22N2O5. The standard InChI is InChI=1S/C26H22N2O5/c1-17-7-10-19(11-8-17)25(30)27(15-18-9-12-22-23(13-18)33-16-32-22)21-14-24(29)28(26(21)31)20-5-3-2-4-6-20/h2-13,21H,14-16H2,1H3. The third kappa shape index (κ3) is 3.93. The van der Waals surface area contributed by atoms with Gasteiger partial charge in [-0.25, -0.2) is 4.90 Å². The number of carbonyl (C=O) groups excluding carboxylic acids is 3. The number of benzene rings is 3. The molecule has 33 heavy (non-hydrogen) atoms. The van der Waals surface area contributed by atoms with Crippen LogP contribution in [0.2, 0.25) is 0 Å². The second-order valence-electron chi connectivity index (χ2n) is 8.11. The van der Waals surface area contributed by atoms with E-state index in [0.717, 1.165) is 11.1 Å². The number of anilines is 1. The molecule has 7 heteroatoms. The van der Waals surface area contributed by atoms with Gasteiger partial charge in [-0.2, -0.15) is 0 Å². The predicted molar refractivity (Wildman–Crippen MR) is 121 cm³/mol. The monoisotopic (exact) mass is 442 g/mol. The normalized spacial score (nSPS) is 16.9. The summed E-state index contributed by atoms with van der Waals surface area (Å²) in [5.41, 5.74) is 2.76. The highest BCUT2D eigenvalue weighted by Crippen LogP contribution is 2.34. The summed E-state index contributed by atoms with van der Waals surface area (Å²) in [6.45, 7) is 2.23. The fraction of sp³-hybridized carbons (Fsp3) is 0.192. The van der Waals surface area contributed by atoms with Gasteiger partial charge >= 0.3 is 0 Å². The summed E-state index contributed by atoms with van der Waals surface area (Å²) in [5, 5.41) is 0. The molecule has 1 atom stereocenters. The van der Waals surface area contributed by atoms with Crippen LogP contribution in [0.4, 0.5) is 5.69 Å². The Morgan fingerprint density at radius 2 is 1.70 bits per heavy atom. The lowest BCUT2D eigenvalue weighted by molar-refractivity contribution is -0.122. The third-order valence-corrected chi connectivity index (χ3v) is 5.86. The summed E-state index contributed by atoms with van der Waals surface area (Å²) >= 11 is 0. The topological polar surface area (TPSA) is 76.2 Å². The Bertz CT molecular complexity index is 1220. The maximum Gasteiger partial charge on any atom is 0.257 e. The fourth-order valence-electron chi connectivity index (χ4n) is 4.13. The largest absolute Gasteiger partial charge is 0.454 e. The van der Waals surface area contributed by atoms with Gasteiger partial charge < -0.3 is 14.4 Å². The van der Waals surface area contributed by atoms with Gasteiger partial charge in [-0.1, -0.05) is 42.0 Å². The molecule has 0 saturated carbocycles. The van der Waals surface area contributed by atoms with Crippen LogP contribution in [0.1, 0.15) is 27.9 Å². The first-order chi connectivity index (χ1) is 16.0. The van der Waals surface area contributed by atoms with Crippen LogP contribution in [0.15, 0.2) is 72.8 Å². The van der Waals surface area contributed by atoms with E-state index in [9.17, 15) is 14.4 Å². The fourth-order valence-corrected chi connectivity index (χ4v) is 4.13. The Labute approximate surface area is 191 Å². The zero-order valence-electron chi connectivity index (χ0n) is 18.1. The molecule has 2 aliphatic heterocycles. The van der Waals surface area contributed by atoms with E-state index < -0.39 is 11.9 Å². The molecule has 3 aromatic carbocycles. The molecule has 3 amide bonds. The maximum absolute atomic E-state index is 13.6. The highest BCUT2D eigenvalue weighted by Gasteiger charge is 2.44. The molecular weight excluding hydrogens is 420 g/mol. The Morgan fingerprint density at radius 1 is 0.970 bits per heavy atom. The molecule has 0 aliphatic carbocycles. The van der Waals surface area contributed by atoms with Gasteiger partial charge in [0.25, 0.3) is 11.8 Å². The predicted octanol–water partition coefficient (Wildman–Crippen LogP) is 3.70. The second kappa shape index (κ2) is 8.43. The molecule has 0 aromatic heterocycles. The van der Waals surface area contributed by atoms with Crippen molar-refractivity contribution in [2.45, 2.75) is 25.9 Å². The third-order valence-electron chi connectivity index (χ3n) is 5.86. The number of amides is 3. The molecule has 1 saturated heterocycles. The van der Waals surface area contributed by atoms with Crippen molar-refractivity contribution in [3.63, 3.8) is 0 Å². The van der Waals surface area contributed by atoms with Crippen molar-refractivity contribution in [3.05, 3.63) is 89.5 Å². The average Bonchev–Trinajstić information content (AvgIpc) is 3.41. The summed E-state index contributed by atoms with van der Waals surface area (Å²) in [6, 6.07) is 20.5. The SMILES string of the molecule is Cc1ccc(C(=O)N(Cc2ccc3c(c2)OCO3)C2CC(=O)N(c3ccccc3)C2=O)cc1. The lowest BCUT2D eigenvalue weighted by Crippen LogP contribution is -2.45. The second-order valence-corrected chi connectivity index (χ2v) is 8.11. The molecule has 0 N–H and O–H groups in total. The van der Waals surface area contributed by atoms with E-state index in [1.54, 1.807) is 48.5 Å². The molecule has 166 valence electrons. The van der Waals surface area contributed by atoms with Crippen molar-refractivity contribution in [3.8, 4) is 11.5 Å². The van der Waals surface area contributed by atoms with Gasteiger partial charge in [0.1, 0.15) is 6.04 Å². The molecule has 2 heterocycles. The van der Waals surface area contributed by atoms with Gasteiger partial charge in [-0.05, 0) is 48.9 Å². The number of aryl methyl sites for hydroxylation is 1. The number of hydrogen-bond donors (Lipinski definition) is 0. The molecule has 1 unspecified atom stereocenters. The average molecular weight is 442 g/mol. The van der Waals surface area contributed by atoms with Crippen molar-refractivity contribution < 1.29 is 23.9 Å². The molecule has 3 aromatic rings. The highest BCUT2D eigenvalue weighted by molar-refractivity contribution is 6.23.